The van der Waals surface area contributed by atoms with Crippen LogP contribution in [0.3, 0.4) is 0 Å². The van der Waals surface area contributed by atoms with Gasteiger partial charge < -0.3 is 4.42 Å². The molecule has 1 aromatic rings. The lowest BCUT2D eigenvalue weighted by atomic mass is 10.2. The van der Waals surface area contributed by atoms with Crippen LogP contribution in [0.2, 0.25) is 0 Å². The van der Waals surface area contributed by atoms with E-state index < -0.39 is 5.76 Å². The Morgan fingerprint density at radius 2 is 1.80 bits per heavy atom. The summed E-state index contributed by atoms with van der Waals surface area (Å²) in [6, 6.07) is 0. The van der Waals surface area contributed by atoms with Crippen molar-refractivity contribution in [1.29, 1.82) is 0 Å². The fourth-order valence-electron chi connectivity index (χ4n) is 0.801. The van der Waals surface area contributed by atoms with Crippen LogP contribution in [0.1, 0.15) is 46.1 Å². The first-order valence-electron chi connectivity index (χ1n) is 5.16. The van der Waals surface area contributed by atoms with Crippen LogP contribution in [0.4, 0.5) is 0 Å². The maximum atomic E-state index is 10.7. The summed E-state index contributed by atoms with van der Waals surface area (Å²) in [5, 5.41) is 0. The zero-order valence-corrected chi connectivity index (χ0v) is 10.3. The molecule has 0 radical (unpaired) electrons. The maximum absolute atomic E-state index is 10.7. The van der Waals surface area contributed by atoms with E-state index in [9.17, 15) is 4.79 Å². The molecule has 0 saturated heterocycles. The topological polar surface area (TPSA) is 46.0 Å². The second-order valence-electron chi connectivity index (χ2n) is 2.24. The second kappa shape index (κ2) is 9.06. The van der Waals surface area contributed by atoms with E-state index in [1.807, 2.05) is 27.7 Å². The monoisotopic (exact) mass is 211 g/mol. The summed E-state index contributed by atoms with van der Waals surface area (Å²) in [7, 11) is 0. The van der Waals surface area contributed by atoms with Crippen LogP contribution in [-0.4, -0.2) is 4.98 Å². The van der Waals surface area contributed by atoms with Crippen LogP contribution < -0.4 is 5.76 Å². The van der Waals surface area contributed by atoms with Crippen molar-refractivity contribution < 1.29 is 4.42 Å². The summed E-state index contributed by atoms with van der Waals surface area (Å²) in [6.45, 7) is 16.9. The quantitative estimate of drug-likeness (QED) is 0.810. The summed E-state index contributed by atoms with van der Waals surface area (Å²) in [5.74, 6) is 0.00269. The highest BCUT2D eigenvalue weighted by Crippen LogP contribution is 2.13. The van der Waals surface area contributed by atoms with Crippen molar-refractivity contribution in [2.24, 2.45) is 0 Å². The number of allylic oxidation sites excluding steroid dienone is 1. The largest absolute Gasteiger partial charge is 0.417 e. The molecule has 0 aromatic carbocycles. The first kappa shape index (κ1) is 15.9. The Morgan fingerprint density at radius 3 is 2.07 bits per heavy atom. The molecule has 0 unspecified atom stereocenters. The molecule has 0 fully saturated rings. The lowest BCUT2D eigenvalue weighted by Gasteiger charge is -1.91. The molecule has 1 heterocycles. The zero-order valence-electron chi connectivity index (χ0n) is 10.3. The Kier molecular flexibility index (Phi) is 9.63. The predicted molar refractivity (Wildman–Crippen MR) is 66.8 cm³/mol. The third-order valence-corrected chi connectivity index (χ3v) is 1.27. The first-order valence-corrected chi connectivity index (χ1v) is 5.16. The van der Waals surface area contributed by atoms with Crippen LogP contribution in [0.15, 0.2) is 22.4 Å². The summed E-state index contributed by atoms with van der Waals surface area (Å²) in [6.07, 6.45) is 1.52. The molecular formula is C12H21NO2. The fraction of sp³-hybridized carbons (Fsp3) is 0.417. The lowest BCUT2D eigenvalue weighted by Crippen LogP contribution is -1.94. The van der Waals surface area contributed by atoms with E-state index in [4.69, 9.17) is 4.42 Å². The van der Waals surface area contributed by atoms with E-state index in [1.165, 1.54) is 6.08 Å². The normalized spacial score (nSPS) is 7.80. The van der Waals surface area contributed by atoms with E-state index in [2.05, 4.69) is 18.1 Å². The van der Waals surface area contributed by atoms with E-state index in [0.717, 1.165) is 0 Å². The minimum absolute atomic E-state index is 0.474. The number of hydrogen-bond donors (Lipinski definition) is 1. The number of aromatic nitrogens is 1. The fourth-order valence-corrected chi connectivity index (χ4v) is 0.801. The smallest absolute Gasteiger partial charge is 0.408 e. The van der Waals surface area contributed by atoms with E-state index in [0.29, 0.717) is 17.0 Å². The minimum atomic E-state index is -0.474. The molecule has 1 aromatic heterocycles. The van der Waals surface area contributed by atoms with Crippen molar-refractivity contribution in [3.63, 3.8) is 0 Å². The first-order chi connectivity index (χ1) is 7.15. The van der Waals surface area contributed by atoms with E-state index >= 15 is 0 Å². The summed E-state index contributed by atoms with van der Waals surface area (Å²) in [4.78, 5) is 13.1. The van der Waals surface area contributed by atoms with Crippen molar-refractivity contribution in [2.45, 2.75) is 34.6 Å². The minimum Gasteiger partial charge on any atom is -0.408 e. The van der Waals surface area contributed by atoms with Crippen LogP contribution in [0, 0.1) is 0 Å². The molecule has 0 aliphatic rings. The van der Waals surface area contributed by atoms with Crippen LogP contribution in [-0.2, 0) is 0 Å². The van der Waals surface area contributed by atoms with E-state index in [-0.39, 0.29) is 0 Å². The molecule has 0 spiro atoms. The standard InChI is InChI=1S/C8H9NO2.2C2H6/c1-4-6-7(5(2)3)11-8(10)9-6;2*1-2/h4H,1-2H2,3H3,(H,9,10);2*1-2H3. The molecule has 3 heteroatoms. The molecule has 3 nitrogen and oxygen atoms in total. The van der Waals surface area contributed by atoms with Crippen molar-refractivity contribution >= 4 is 11.6 Å². The molecule has 0 atom stereocenters. The molecule has 86 valence electrons. The third kappa shape index (κ3) is 5.05. The summed E-state index contributed by atoms with van der Waals surface area (Å²) < 4.78 is 4.79. The molecule has 1 N–H and O–H groups in total. The number of rotatable bonds is 2. The predicted octanol–water partition coefficient (Wildman–Crippen LogP) is 3.70. The Balaban J connectivity index is 0. The average molecular weight is 211 g/mol. The zero-order chi connectivity index (χ0) is 12.4. The van der Waals surface area contributed by atoms with Crippen LogP contribution in [0.5, 0.6) is 0 Å². The van der Waals surface area contributed by atoms with Crippen LogP contribution >= 0.6 is 0 Å². The third-order valence-electron chi connectivity index (χ3n) is 1.27. The molecule has 0 saturated carbocycles. The van der Waals surface area contributed by atoms with Gasteiger partial charge in [-0.25, -0.2) is 4.79 Å². The highest BCUT2D eigenvalue weighted by Gasteiger charge is 2.05. The Morgan fingerprint density at radius 1 is 1.33 bits per heavy atom. The molecule has 15 heavy (non-hydrogen) atoms. The van der Waals surface area contributed by atoms with Gasteiger partial charge in [0.1, 0.15) is 0 Å². The van der Waals surface area contributed by atoms with Gasteiger partial charge in [-0.3, -0.25) is 4.98 Å². The van der Waals surface area contributed by atoms with Gasteiger partial charge in [0.15, 0.2) is 5.76 Å². The van der Waals surface area contributed by atoms with Gasteiger partial charge in [-0.1, -0.05) is 40.9 Å². The van der Waals surface area contributed by atoms with Crippen molar-refractivity contribution in [3.05, 3.63) is 35.2 Å². The summed E-state index contributed by atoms with van der Waals surface area (Å²) >= 11 is 0. The van der Waals surface area contributed by atoms with Gasteiger partial charge in [-0.05, 0) is 18.6 Å². The van der Waals surface area contributed by atoms with Crippen molar-refractivity contribution in [1.82, 2.24) is 4.98 Å². The number of H-pyrrole nitrogens is 1. The van der Waals surface area contributed by atoms with Gasteiger partial charge in [0, 0.05) is 0 Å². The molecule has 0 bridgehead atoms. The Bertz CT molecular complexity index is 345. The molecule has 0 aliphatic heterocycles. The van der Waals surface area contributed by atoms with Crippen molar-refractivity contribution in [2.75, 3.05) is 0 Å². The second-order valence-corrected chi connectivity index (χ2v) is 2.24. The van der Waals surface area contributed by atoms with Gasteiger partial charge in [0.25, 0.3) is 0 Å². The van der Waals surface area contributed by atoms with Crippen molar-refractivity contribution in [3.8, 4) is 0 Å². The highest BCUT2D eigenvalue weighted by atomic mass is 16.4. The van der Waals surface area contributed by atoms with Gasteiger partial charge >= 0.3 is 5.76 Å². The number of hydrogen-bond acceptors (Lipinski definition) is 2. The summed E-state index contributed by atoms with van der Waals surface area (Å²) in [5.41, 5.74) is 1.29. The molecule has 0 aliphatic carbocycles. The molecule has 1 rings (SSSR count). The highest BCUT2D eigenvalue weighted by molar-refractivity contribution is 5.64. The van der Waals surface area contributed by atoms with Gasteiger partial charge in [-0.2, -0.15) is 0 Å². The average Bonchev–Trinajstić information content (AvgIpc) is 2.65. The SMILES string of the molecule is C=Cc1[nH]c(=O)oc1C(=C)C.CC.CC. The van der Waals surface area contributed by atoms with Crippen LogP contribution in [0.25, 0.3) is 11.6 Å². The lowest BCUT2D eigenvalue weighted by molar-refractivity contribution is 0.503. The Hall–Kier alpha value is -1.51. The maximum Gasteiger partial charge on any atom is 0.417 e. The van der Waals surface area contributed by atoms with Gasteiger partial charge in [-0.15, -0.1) is 0 Å². The van der Waals surface area contributed by atoms with E-state index in [1.54, 1.807) is 6.92 Å². The van der Waals surface area contributed by atoms with Gasteiger partial charge in [0.2, 0.25) is 0 Å². The number of nitrogens with one attached hydrogen (secondary N) is 1. The number of aromatic amines is 1. The number of oxazole rings is 1. The Labute approximate surface area is 91.5 Å². The van der Waals surface area contributed by atoms with Gasteiger partial charge in [0.05, 0.1) is 5.69 Å². The molecule has 0 amide bonds. The molecular weight excluding hydrogens is 190 g/mol.